The summed E-state index contributed by atoms with van der Waals surface area (Å²) in [5, 5.41) is 0.750. The Labute approximate surface area is 234 Å². The summed E-state index contributed by atoms with van der Waals surface area (Å²) in [6.07, 6.45) is 1.51. The molecule has 0 radical (unpaired) electrons. The number of hydrogen-bond acceptors (Lipinski definition) is 8. The summed E-state index contributed by atoms with van der Waals surface area (Å²) in [6.45, 7) is 0. The highest BCUT2D eigenvalue weighted by molar-refractivity contribution is 7.92. The van der Waals surface area contributed by atoms with Crippen molar-refractivity contribution >= 4 is 32.4 Å². The molecule has 0 amide bonds. The van der Waals surface area contributed by atoms with Crippen LogP contribution in [0.4, 0.5) is 20.3 Å². The monoisotopic (exact) mass is 578 g/mol. The molecule has 41 heavy (non-hydrogen) atoms. The lowest BCUT2D eigenvalue weighted by Gasteiger charge is -2.14. The summed E-state index contributed by atoms with van der Waals surface area (Å²) < 4.78 is 71.7. The Balaban J connectivity index is 1.56. The molecule has 0 unspecified atom stereocenters. The van der Waals surface area contributed by atoms with Gasteiger partial charge in [0.05, 0.1) is 26.8 Å². The van der Waals surface area contributed by atoms with E-state index in [0.29, 0.717) is 45.6 Å². The zero-order valence-corrected chi connectivity index (χ0v) is 22.9. The molecule has 9 nitrogen and oxygen atoms in total. The van der Waals surface area contributed by atoms with E-state index in [1.165, 1.54) is 19.4 Å². The average Bonchev–Trinajstić information content (AvgIpc) is 2.95. The molecule has 2 aromatic heterocycles. The Morgan fingerprint density at radius 3 is 2.20 bits per heavy atom. The van der Waals surface area contributed by atoms with Crippen molar-refractivity contribution in [2.75, 3.05) is 31.8 Å². The molecule has 5 aromatic rings. The zero-order chi connectivity index (χ0) is 29.3. The predicted molar refractivity (Wildman–Crippen MR) is 152 cm³/mol. The van der Waals surface area contributed by atoms with E-state index in [-0.39, 0.29) is 11.6 Å². The highest BCUT2D eigenvalue weighted by atomic mass is 32.2. The lowest BCUT2D eigenvalue weighted by atomic mass is 10.0. The van der Waals surface area contributed by atoms with Gasteiger partial charge in [-0.05, 0) is 59.7 Å². The number of pyridine rings is 2. The number of anilines is 2. The van der Waals surface area contributed by atoms with Gasteiger partial charge in [-0.25, -0.2) is 27.2 Å². The fraction of sp³-hybridized carbons (Fsp3) is 0.103. The predicted octanol–water partition coefficient (Wildman–Crippen LogP) is 5.65. The lowest BCUT2D eigenvalue weighted by Crippen LogP contribution is -2.15. The van der Waals surface area contributed by atoms with Crippen molar-refractivity contribution in [1.82, 2.24) is 9.97 Å². The first-order valence-corrected chi connectivity index (χ1v) is 13.6. The van der Waals surface area contributed by atoms with Gasteiger partial charge in [0.2, 0.25) is 5.88 Å². The molecule has 0 saturated carbocycles. The second-order valence-corrected chi connectivity index (χ2v) is 10.5. The maximum Gasteiger partial charge on any atom is 0.264 e. The van der Waals surface area contributed by atoms with Crippen molar-refractivity contribution in [3.8, 4) is 39.6 Å². The number of halogens is 2. The molecular formula is C29H24F2N4O5S. The highest BCUT2D eigenvalue weighted by Gasteiger charge is 2.22. The molecule has 210 valence electrons. The summed E-state index contributed by atoms with van der Waals surface area (Å²) in [6, 6.07) is 16.4. The number of nitrogens with zero attached hydrogens (tertiary/aromatic N) is 2. The van der Waals surface area contributed by atoms with E-state index in [1.54, 1.807) is 32.4 Å². The van der Waals surface area contributed by atoms with Gasteiger partial charge in [-0.2, -0.15) is 0 Å². The molecule has 12 heteroatoms. The molecule has 0 aliphatic carbocycles. The summed E-state index contributed by atoms with van der Waals surface area (Å²) in [5.74, 6) is -0.671. The molecule has 0 aliphatic rings. The van der Waals surface area contributed by atoms with Gasteiger partial charge < -0.3 is 19.9 Å². The minimum absolute atomic E-state index is 0.0339. The van der Waals surface area contributed by atoms with Gasteiger partial charge in [-0.3, -0.25) is 4.72 Å². The van der Waals surface area contributed by atoms with Crippen LogP contribution in [0.2, 0.25) is 0 Å². The van der Waals surface area contributed by atoms with Crippen LogP contribution < -0.4 is 24.7 Å². The van der Waals surface area contributed by atoms with Crippen LogP contribution >= 0.6 is 0 Å². The molecule has 0 saturated heterocycles. The molecule has 3 N–H and O–H groups in total. The third-order valence-corrected chi connectivity index (χ3v) is 7.71. The van der Waals surface area contributed by atoms with Crippen molar-refractivity contribution < 1.29 is 31.4 Å². The minimum atomic E-state index is -4.44. The van der Waals surface area contributed by atoms with Crippen molar-refractivity contribution in [2.24, 2.45) is 0 Å². The molecule has 0 bridgehead atoms. The number of aromatic nitrogens is 2. The maximum absolute atomic E-state index is 14.3. The number of hydrogen-bond donors (Lipinski definition) is 2. The first kappa shape index (κ1) is 27.6. The maximum atomic E-state index is 14.3. The molecule has 3 aromatic carbocycles. The van der Waals surface area contributed by atoms with Gasteiger partial charge in [0.1, 0.15) is 39.5 Å². The van der Waals surface area contributed by atoms with E-state index in [2.05, 4.69) is 14.7 Å². The second-order valence-electron chi connectivity index (χ2n) is 8.89. The number of benzene rings is 3. The van der Waals surface area contributed by atoms with Crippen LogP contribution in [-0.4, -0.2) is 39.7 Å². The van der Waals surface area contributed by atoms with Crippen LogP contribution in [0.15, 0.2) is 77.8 Å². The van der Waals surface area contributed by atoms with E-state index >= 15 is 0 Å². The number of sulfonamides is 1. The Morgan fingerprint density at radius 1 is 0.805 bits per heavy atom. The molecule has 5 rings (SSSR count). The zero-order valence-electron chi connectivity index (χ0n) is 22.1. The van der Waals surface area contributed by atoms with Crippen molar-refractivity contribution in [3.05, 3.63) is 84.6 Å². The van der Waals surface area contributed by atoms with E-state index in [4.69, 9.17) is 19.9 Å². The SMILES string of the molecule is COc1cc(OC)cc(-c2cc3cc(-c4cnc(OC)c(NS(=O)(=O)c5ccc(F)cc5F)c4)ccc3nc2N)c1. The molecule has 0 fully saturated rings. The Morgan fingerprint density at radius 2 is 1.54 bits per heavy atom. The van der Waals surface area contributed by atoms with Gasteiger partial charge in [-0.15, -0.1) is 0 Å². The van der Waals surface area contributed by atoms with Crippen LogP contribution in [0.1, 0.15) is 0 Å². The summed E-state index contributed by atoms with van der Waals surface area (Å²) in [4.78, 5) is 8.04. The Hall–Kier alpha value is -4.97. The van der Waals surface area contributed by atoms with Crippen molar-refractivity contribution in [3.63, 3.8) is 0 Å². The van der Waals surface area contributed by atoms with Gasteiger partial charge in [0.15, 0.2) is 0 Å². The number of rotatable bonds is 8. The van der Waals surface area contributed by atoms with E-state index < -0.39 is 26.6 Å². The molecule has 0 atom stereocenters. The minimum Gasteiger partial charge on any atom is -0.497 e. The number of fused-ring (bicyclic) bond motifs is 1. The average molecular weight is 579 g/mol. The fourth-order valence-electron chi connectivity index (χ4n) is 4.30. The van der Waals surface area contributed by atoms with Crippen LogP contribution in [0.3, 0.4) is 0 Å². The van der Waals surface area contributed by atoms with Crippen molar-refractivity contribution in [2.45, 2.75) is 4.90 Å². The Bertz CT molecular complexity index is 1880. The molecule has 0 aliphatic heterocycles. The number of nitrogens with one attached hydrogen (secondary N) is 1. The second kappa shape index (κ2) is 10.9. The smallest absolute Gasteiger partial charge is 0.264 e. The Kier molecular flexibility index (Phi) is 7.33. The molecular weight excluding hydrogens is 554 g/mol. The van der Waals surface area contributed by atoms with Gasteiger partial charge >= 0.3 is 0 Å². The van der Waals surface area contributed by atoms with E-state index in [9.17, 15) is 17.2 Å². The largest absolute Gasteiger partial charge is 0.497 e. The third-order valence-electron chi connectivity index (χ3n) is 6.31. The van der Waals surface area contributed by atoms with Gasteiger partial charge in [0, 0.05) is 34.8 Å². The first-order valence-electron chi connectivity index (χ1n) is 12.1. The van der Waals surface area contributed by atoms with Crippen molar-refractivity contribution in [1.29, 1.82) is 0 Å². The van der Waals surface area contributed by atoms with Gasteiger partial charge in [0.25, 0.3) is 10.0 Å². The standard InChI is InChI=1S/C29H24F2N4O5S/c1-38-21-9-17(10-22(14-21)39-2)23-11-18-8-16(4-6-25(18)34-28(23)32)19-12-26(29(40-3)33-15-19)35-41(36,37)27-7-5-20(30)13-24(27)31/h4-15,35H,1-3H3,(H2,32,34). The van der Waals surface area contributed by atoms with Crippen LogP contribution in [0, 0.1) is 11.6 Å². The van der Waals surface area contributed by atoms with Crippen LogP contribution in [-0.2, 0) is 10.0 Å². The topological polar surface area (TPSA) is 126 Å². The highest BCUT2D eigenvalue weighted by Crippen LogP contribution is 2.36. The van der Waals surface area contributed by atoms with E-state index in [0.717, 1.165) is 23.1 Å². The lowest BCUT2D eigenvalue weighted by molar-refractivity contribution is 0.394. The number of nitrogen functional groups attached to an aromatic ring is 1. The number of methoxy groups -OCH3 is 3. The van der Waals surface area contributed by atoms with Crippen LogP contribution in [0.25, 0.3) is 33.2 Å². The quantitative estimate of drug-likeness (QED) is 0.242. The summed E-state index contributed by atoms with van der Waals surface area (Å²) in [7, 11) is -0.00510. The van der Waals surface area contributed by atoms with Gasteiger partial charge in [-0.1, -0.05) is 6.07 Å². The molecule has 0 spiro atoms. The summed E-state index contributed by atoms with van der Waals surface area (Å²) in [5.41, 5.74) is 9.53. The third kappa shape index (κ3) is 5.54. The number of ether oxygens (including phenoxy) is 3. The fourth-order valence-corrected chi connectivity index (χ4v) is 5.41. The molecule has 2 heterocycles. The van der Waals surface area contributed by atoms with E-state index in [1.807, 2.05) is 24.3 Å². The first-order chi connectivity index (χ1) is 19.6. The number of nitrogens with two attached hydrogens (primary N) is 1. The normalized spacial score (nSPS) is 11.3. The van der Waals surface area contributed by atoms with Crippen LogP contribution in [0.5, 0.6) is 17.4 Å². The summed E-state index contributed by atoms with van der Waals surface area (Å²) >= 11 is 0.